The van der Waals surface area contributed by atoms with Crippen LogP contribution < -0.4 is 14.8 Å². The molecule has 7 nitrogen and oxygen atoms in total. The van der Waals surface area contributed by atoms with E-state index in [2.05, 4.69) is 10.2 Å². The Morgan fingerprint density at radius 3 is 2.52 bits per heavy atom. The third-order valence-corrected chi connectivity index (χ3v) is 7.22. The highest BCUT2D eigenvalue weighted by Crippen LogP contribution is 2.37. The molecule has 1 aromatic heterocycles. The van der Waals surface area contributed by atoms with Gasteiger partial charge >= 0.3 is 0 Å². The summed E-state index contributed by atoms with van der Waals surface area (Å²) in [6.07, 6.45) is 2.19. The highest BCUT2D eigenvalue weighted by atomic mass is 32.1. The summed E-state index contributed by atoms with van der Waals surface area (Å²) in [7, 11) is 0. The second-order valence-corrected chi connectivity index (χ2v) is 9.39. The predicted octanol–water partition coefficient (Wildman–Crippen LogP) is 2.61. The van der Waals surface area contributed by atoms with Crippen molar-refractivity contribution in [2.24, 2.45) is 0 Å². The summed E-state index contributed by atoms with van der Waals surface area (Å²) in [6.45, 7) is 5.78. The molecule has 0 spiro atoms. The van der Waals surface area contributed by atoms with E-state index in [0.717, 1.165) is 39.7 Å². The number of fused-ring (bicyclic) bond motifs is 1. The molecule has 1 saturated carbocycles. The van der Waals surface area contributed by atoms with E-state index in [0.29, 0.717) is 45.4 Å². The summed E-state index contributed by atoms with van der Waals surface area (Å²) in [5, 5.41) is 3.07. The fraction of sp³-hybridized carbons (Fsp3) is 0.478. The van der Waals surface area contributed by atoms with E-state index in [9.17, 15) is 9.59 Å². The summed E-state index contributed by atoms with van der Waals surface area (Å²) in [4.78, 5) is 31.2. The van der Waals surface area contributed by atoms with Crippen molar-refractivity contribution in [2.75, 3.05) is 39.4 Å². The molecule has 0 radical (unpaired) electrons. The highest BCUT2D eigenvalue weighted by molar-refractivity contribution is 7.17. The number of nitrogens with one attached hydrogen (secondary N) is 1. The van der Waals surface area contributed by atoms with Crippen molar-refractivity contribution in [2.45, 2.75) is 31.8 Å². The number of carbonyl (C=O) groups excluding carboxylic acids is 2. The molecule has 3 heterocycles. The van der Waals surface area contributed by atoms with Crippen LogP contribution >= 0.6 is 11.3 Å². The van der Waals surface area contributed by atoms with Crippen LogP contribution in [0.1, 0.15) is 29.4 Å². The van der Waals surface area contributed by atoms with Gasteiger partial charge in [0, 0.05) is 37.1 Å². The molecule has 1 aliphatic carbocycles. The molecule has 2 fully saturated rings. The molecule has 2 aliphatic heterocycles. The van der Waals surface area contributed by atoms with E-state index in [1.54, 1.807) is 0 Å². The van der Waals surface area contributed by atoms with E-state index >= 15 is 0 Å². The number of ether oxygens (including phenoxy) is 2. The van der Waals surface area contributed by atoms with Crippen LogP contribution in [-0.2, 0) is 4.79 Å². The minimum absolute atomic E-state index is 0.0588. The molecule has 0 bridgehead atoms. The molecule has 2 amide bonds. The highest BCUT2D eigenvalue weighted by Gasteiger charge is 2.31. The number of thiophene rings is 1. The van der Waals surface area contributed by atoms with Crippen molar-refractivity contribution in [1.29, 1.82) is 0 Å². The lowest BCUT2D eigenvalue weighted by Gasteiger charge is -2.37. The molecule has 1 saturated heterocycles. The van der Waals surface area contributed by atoms with Gasteiger partial charge in [0.1, 0.15) is 13.2 Å². The Balaban J connectivity index is 1.20. The van der Waals surface area contributed by atoms with Crippen LogP contribution in [0, 0.1) is 0 Å². The van der Waals surface area contributed by atoms with E-state index in [1.165, 1.54) is 11.3 Å². The number of carbonyl (C=O) groups is 2. The van der Waals surface area contributed by atoms with Crippen molar-refractivity contribution in [1.82, 2.24) is 15.1 Å². The van der Waals surface area contributed by atoms with Gasteiger partial charge in [-0.2, -0.15) is 0 Å². The quantitative estimate of drug-likeness (QED) is 0.772. The number of hydrogen-bond donors (Lipinski definition) is 1. The Morgan fingerprint density at radius 2 is 1.77 bits per heavy atom. The molecule has 3 aliphatic rings. The van der Waals surface area contributed by atoms with E-state index in [1.807, 2.05) is 42.2 Å². The van der Waals surface area contributed by atoms with Crippen LogP contribution in [0.25, 0.3) is 10.4 Å². The largest absolute Gasteiger partial charge is 0.486 e. The topological polar surface area (TPSA) is 71.1 Å². The normalized spacial score (nSPS) is 19.7. The second kappa shape index (κ2) is 8.51. The van der Waals surface area contributed by atoms with Crippen molar-refractivity contribution in [3.05, 3.63) is 35.2 Å². The number of nitrogens with zero attached hydrogens (tertiary/aromatic N) is 2. The summed E-state index contributed by atoms with van der Waals surface area (Å²) < 4.78 is 11.3. The van der Waals surface area contributed by atoms with Crippen molar-refractivity contribution in [3.63, 3.8) is 0 Å². The summed E-state index contributed by atoms with van der Waals surface area (Å²) in [5.41, 5.74) is 1.02. The van der Waals surface area contributed by atoms with Crippen molar-refractivity contribution in [3.8, 4) is 21.9 Å². The van der Waals surface area contributed by atoms with E-state index in [4.69, 9.17) is 9.47 Å². The zero-order chi connectivity index (χ0) is 21.4. The molecular weight excluding hydrogens is 414 g/mol. The van der Waals surface area contributed by atoms with Gasteiger partial charge in [0.2, 0.25) is 5.91 Å². The minimum atomic E-state index is -0.151. The van der Waals surface area contributed by atoms with Gasteiger partial charge in [-0.15, -0.1) is 11.3 Å². The molecule has 164 valence electrons. The Morgan fingerprint density at radius 1 is 1.03 bits per heavy atom. The molecule has 31 heavy (non-hydrogen) atoms. The Hall–Kier alpha value is -2.58. The van der Waals surface area contributed by atoms with Crippen LogP contribution in [0.4, 0.5) is 0 Å². The van der Waals surface area contributed by atoms with Crippen LogP contribution in [0.15, 0.2) is 30.3 Å². The third kappa shape index (κ3) is 4.41. The zero-order valence-corrected chi connectivity index (χ0v) is 18.5. The van der Waals surface area contributed by atoms with Gasteiger partial charge in [0.25, 0.3) is 5.91 Å². The lowest BCUT2D eigenvalue weighted by atomic mass is 10.1. The van der Waals surface area contributed by atoms with Gasteiger partial charge in [-0.05, 0) is 55.7 Å². The standard InChI is InChI=1S/C23H27N3O4S/c1-15(22(27)24-17-3-4-17)25-8-10-26(11-9-25)23(28)21-7-6-20(31-21)16-2-5-18-19(14-16)30-13-12-29-18/h2,5-7,14-15,17H,3-4,8-13H2,1H3,(H,24,27). The van der Waals surface area contributed by atoms with Crippen LogP contribution in [-0.4, -0.2) is 73.1 Å². The zero-order valence-electron chi connectivity index (χ0n) is 17.6. The van der Waals surface area contributed by atoms with Crippen LogP contribution in [0.3, 0.4) is 0 Å². The monoisotopic (exact) mass is 441 g/mol. The molecule has 1 unspecified atom stereocenters. The fourth-order valence-electron chi connectivity index (χ4n) is 3.99. The maximum atomic E-state index is 13.0. The number of hydrogen-bond acceptors (Lipinski definition) is 6. The van der Waals surface area contributed by atoms with Crippen LogP contribution in [0.5, 0.6) is 11.5 Å². The average Bonchev–Trinajstić information content (AvgIpc) is 3.49. The SMILES string of the molecule is CC(C(=O)NC1CC1)N1CCN(C(=O)c2ccc(-c3ccc4c(c3)OCCO4)s2)CC1. The first-order chi connectivity index (χ1) is 15.1. The van der Waals surface area contributed by atoms with Crippen LogP contribution in [0.2, 0.25) is 0 Å². The summed E-state index contributed by atoms with van der Waals surface area (Å²) in [5.74, 6) is 1.68. The Labute approximate surface area is 185 Å². The maximum absolute atomic E-state index is 13.0. The summed E-state index contributed by atoms with van der Waals surface area (Å²) in [6, 6.07) is 10.0. The maximum Gasteiger partial charge on any atom is 0.264 e. The molecule has 1 N–H and O–H groups in total. The molecule has 1 atom stereocenters. The van der Waals surface area contributed by atoms with Crippen molar-refractivity contribution >= 4 is 23.2 Å². The van der Waals surface area contributed by atoms with Gasteiger partial charge in [-0.3, -0.25) is 14.5 Å². The number of piperazine rings is 1. The average molecular weight is 442 g/mol. The van der Waals surface area contributed by atoms with E-state index < -0.39 is 0 Å². The predicted molar refractivity (Wildman–Crippen MR) is 119 cm³/mol. The van der Waals surface area contributed by atoms with Gasteiger partial charge in [0.15, 0.2) is 11.5 Å². The first-order valence-electron chi connectivity index (χ1n) is 10.9. The van der Waals surface area contributed by atoms with Gasteiger partial charge < -0.3 is 19.7 Å². The van der Waals surface area contributed by atoms with Crippen molar-refractivity contribution < 1.29 is 19.1 Å². The molecule has 5 rings (SSSR count). The van der Waals surface area contributed by atoms with Gasteiger partial charge in [0.05, 0.1) is 10.9 Å². The first-order valence-corrected chi connectivity index (χ1v) is 11.7. The number of amides is 2. The number of benzene rings is 1. The number of rotatable bonds is 5. The molecule has 8 heteroatoms. The lowest BCUT2D eigenvalue weighted by molar-refractivity contribution is -0.126. The third-order valence-electron chi connectivity index (χ3n) is 6.10. The lowest BCUT2D eigenvalue weighted by Crippen LogP contribution is -2.55. The minimum Gasteiger partial charge on any atom is -0.486 e. The Bertz CT molecular complexity index is 979. The molecule has 2 aromatic rings. The fourth-order valence-corrected chi connectivity index (χ4v) is 4.96. The Kier molecular flexibility index (Phi) is 5.58. The smallest absolute Gasteiger partial charge is 0.264 e. The summed E-state index contributed by atoms with van der Waals surface area (Å²) >= 11 is 1.50. The molecular formula is C23H27N3O4S. The van der Waals surface area contributed by atoms with E-state index in [-0.39, 0.29) is 17.9 Å². The first kappa shape index (κ1) is 20.3. The van der Waals surface area contributed by atoms with Gasteiger partial charge in [-0.1, -0.05) is 0 Å². The van der Waals surface area contributed by atoms with Gasteiger partial charge in [-0.25, -0.2) is 0 Å². The second-order valence-electron chi connectivity index (χ2n) is 8.31. The molecule has 1 aromatic carbocycles.